The zero-order valence-corrected chi connectivity index (χ0v) is 12.5. The second-order valence-electron chi connectivity index (χ2n) is 5.65. The largest absolute Gasteiger partial charge is 0.397 e. The first-order chi connectivity index (χ1) is 9.51. The average Bonchev–Trinajstić information content (AvgIpc) is 2.83. The predicted octanol–water partition coefficient (Wildman–Crippen LogP) is 1.02. The molecule has 3 N–H and O–H groups in total. The van der Waals surface area contributed by atoms with Gasteiger partial charge in [-0.15, -0.1) is 0 Å². The fraction of sp³-hybridized carbons (Fsp3) is 0.533. The summed E-state index contributed by atoms with van der Waals surface area (Å²) in [5.74, 6) is 0.577. The first-order valence-electron chi connectivity index (χ1n) is 7.02. The second-order valence-corrected chi connectivity index (χ2v) is 5.65. The lowest BCUT2D eigenvalue weighted by atomic mass is 10.1. The van der Waals surface area contributed by atoms with Crippen molar-refractivity contribution in [2.24, 2.45) is 5.92 Å². The van der Waals surface area contributed by atoms with Gasteiger partial charge in [0.2, 0.25) is 0 Å². The summed E-state index contributed by atoms with van der Waals surface area (Å²) in [6, 6.07) is 5.43. The topological polar surface area (TPSA) is 61.6 Å². The number of anilines is 2. The molecule has 1 aliphatic heterocycles. The number of benzene rings is 1. The minimum absolute atomic E-state index is 0.0831. The molecule has 5 nitrogen and oxygen atoms in total. The van der Waals surface area contributed by atoms with Crippen molar-refractivity contribution in [3.8, 4) is 0 Å². The molecule has 0 aliphatic carbocycles. The number of nitrogens with two attached hydrogens (primary N) is 1. The molecular weight excluding hydrogens is 252 g/mol. The Kier molecular flexibility index (Phi) is 4.49. The smallest absolute Gasteiger partial charge is 0.251 e. The molecule has 2 rings (SSSR count). The summed E-state index contributed by atoms with van der Waals surface area (Å²) in [4.78, 5) is 16.2. The number of hydrogen-bond acceptors (Lipinski definition) is 4. The van der Waals surface area contributed by atoms with Gasteiger partial charge in [0, 0.05) is 32.7 Å². The van der Waals surface area contributed by atoms with E-state index in [1.54, 1.807) is 19.2 Å². The normalized spacial score (nSPS) is 19.1. The van der Waals surface area contributed by atoms with Crippen LogP contribution in [0.15, 0.2) is 18.2 Å². The van der Waals surface area contributed by atoms with Crippen LogP contribution in [0, 0.1) is 5.92 Å². The van der Waals surface area contributed by atoms with Crippen molar-refractivity contribution in [2.45, 2.75) is 6.42 Å². The highest BCUT2D eigenvalue weighted by molar-refractivity contribution is 5.96. The standard InChI is InChI=1S/C15H24N4O/c1-17-15(20)12-4-5-13(16)14(8-12)19(3)10-11-6-7-18(2)9-11/h4-5,8,11H,6-7,9-10,16H2,1-3H3,(H,17,20). The lowest BCUT2D eigenvalue weighted by molar-refractivity contribution is 0.0963. The third-order valence-electron chi connectivity index (χ3n) is 3.95. The number of carbonyl (C=O) groups excluding carboxylic acids is 1. The van der Waals surface area contributed by atoms with E-state index in [0.29, 0.717) is 17.2 Å². The number of likely N-dealkylation sites (tertiary alicyclic amines) is 1. The van der Waals surface area contributed by atoms with E-state index in [0.717, 1.165) is 25.3 Å². The Bertz CT molecular complexity index is 489. The third-order valence-corrected chi connectivity index (χ3v) is 3.95. The minimum Gasteiger partial charge on any atom is -0.397 e. The van der Waals surface area contributed by atoms with Crippen molar-refractivity contribution in [1.29, 1.82) is 0 Å². The van der Waals surface area contributed by atoms with Crippen LogP contribution in [0.25, 0.3) is 0 Å². The van der Waals surface area contributed by atoms with Gasteiger partial charge < -0.3 is 20.9 Å². The highest BCUT2D eigenvalue weighted by atomic mass is 16.1. The summed E-state index contributed by atoms with van der Waals surface area (Å²) < 4.78 is 0. The lowest BCUT2D eigenvalue weighted by Gasteiger charge is -2.25. The molecule has 20 heavy (non-hydrogen) atoms. The van der Waals surface area contributed by atoms with Crippen LogP contribution in [-0.2, 0) is 0 Å². The Morgan fingerprint density at radius 3 is 2.90 bits per heavy atom. The predicted molar refractivity (Wildman–Crippen MR) is 83.1 cm³/mol. The Morgan fingerprint density at radius 1 is 1.55 bits per heavy atom. The van der Waals surface area contributed by atoms with Gasteiger partial charge in [0.05, 0.1) is 11.4 Å². The number of carbonyl (C=O) groups is 1. The molecule has 0 bridgehead atoms. The van der Waals surface area contributed by atoms with Gasteiger partial charge in [-0.2, -0.15) is 0 Å². The maximum atomic E-state index is 11.7. The van der Waals surface area contributed by atoms with E-state index in [1.807, 2.05) is 13.1 Å². The molecule has 1 heterocycles. The Labute approximate surface area is 120 Å². The van der Waals surface area contributed by atoms with Gasteiger partial charge in [0.25, 0.3) is 5.91 Å². The number of rotatable bonds is 4. The summed E-state index contributed by atoms with van der Waals surface area (Å²) in [6.45, 7) is 3.25. The van der Waals surface area contributed by atoms with E-state index in [-0.39, 0.29) is 5.91 Å². The zero-order chi connectivity index (χ0) is 14.7. The summed E-state index contributed by atoms with van der Waals surface area (Å²) in [6.07, 6.45) is 1.22. The zero-order valence-electron chi connectivity index (χ0n) is 12.5. The molecule has 1 fully saturated rings. The second kappa shape index (κ2) is 6.13. The van der Waals surface area contributed by atoms with Crippen LogP contribution in [0.2, 0.25) is 0 Å². The molecule has 0 spiro atoms. The SMILES string of the molecule is CNC(=O)c1ccc(N)c(N(C)CC2CCN(C)C2)c1. The molecule has 1 aromatic carbocycles. The van der Waals surface area contributed by atoms with Crippen molar-refractivity contribution >= 4 is 17.3 Å². The number of nitrogens with one attached hydrogen (secondary N) is 1. The highest BCUT2D eigenvalue weighted by Gasteiger charge is 2.21. The van der Waals surface area contributed by atoms with Crippen LogP contribution in [0.5, 0.6) is 0 Å². The molecule has 0 aromatic heterocycles. The van der Waals surface area contributed by atoms with E-state index in [4.69, 9.17) is 5.73 Å². The van der Waals surface area contributed by atoms with Gasteiger partial charge in [0.15, 0.2) is 0 Å². The van der Waals surface area contributed by atoms with Crippen molar-refractivity contribution in [3.05, 3.63) is 23.8 Å². The summed E-state index contributed by atoms with van der Waals surface area (Å²) in [5.41, 5.74) is 8.34. The maximum absolute atomic E-state index is 11.7. The first-order valence-corrected chi connectivity index (χ1v) is 7.02. The quantitative estimate of drug-likeness (QED) is 0.806. The monoisotopic (exact) mass is 276 g/mol. The fourth-order valence-electron chi connectivity index (χ4n) is 2.82. The molecule has 1 saturated heterocycles. The number of hydrogen-bond donors (Lipinski definition) is 2. The number of nitrogens with zero attached hydrogens (tertiary/aromatic N) is 2. The first kappa shape index (κ1) is 14.7. The molecule has 1 amide bonds. The molecular formula is C15H24N4O. The summed E-state index contributed by atoms with van der Waals surface area (Å²) in [5, 5.41) is 2.64. The van der Waals surface area contributed by atoms with Crippen LogP contribution in [0.1, 0.15) is 16.8 Å². The van der Waals surface area contributed by atoms with Crippen LogP contribution in [0.4, 0.5) is 11.4 Å². The maximum Gasteiger partial charge on any atom is 0.251 e. The summed E-state index contributed by atoms with van der Waals surface area (Å²) in [7, 11) is 5.83. The van der Waals surface area contributed by atoms with Crippen molar-refractivity contribution in [3.63, 3.8) is 0 Å². The van der Waals surface area contributed by atoms with Crippen LogP contribution in [-0.4, -0.2) is 51.6 Å². The van der Waals surface area contributed by atoms with E-state index in [1.165, 1.54) is 6.42 Å². The van der Waals surface area contributed by atoms with E-state index in [9.17, 15) is 4.79 Å². The van der Waals surface area contributed by atoms with Gasteiger partial charge >= 0.3 is 0 Å². The molecule has 1 unspecified atom stereocenters. The van der Waals surface area contributed by atoms with Gasteiger partial charge in [-0.3, -0.25) is 4.79 Å². The number of nitrogen functional groups attached to an aromatic ring is 1. The van der Waals surface area contributed by atoms with Crippen LogP contribution < -0.4 is 16.0 Å². The molecule has 0 saturated carbocycles. The van der Waals surface area contributed by atoms with Gasteiger partial charge in [-0.05, 0) is 44.1 Å². The lowest BCUT2D eigenvalue weighted by Crippen LogP contribution is -2.28. The van der Waals surface area contributed by atoms with Crippen LogP contribution in [0.3, 0.4) is 0 Å². The average molecular weight is 276 g/mol. The van der Waals surface area contributed by atoms with Gasteiger partial charge in [-0.25, -0.2) is 0 Å². The highest BCUT2D eigenvalue weighted by Crippen LogP contribution is 2.26. The van der Waals surface area contributed by atoms with E-state index in [2.05, 4.69) is 22.2 Å². The fourth-order valence-corrected chi connectivity index (χ4v) is 2.82. The minimum atomic E-state index is -0.0831. The van der Waals surface area contributed by atoms with E-state index < -0.39 is 0 Å². The molecule has 1 aliphatic rings. The van der Waals surface area contributed by atoms with E-state index >= 15 is 0 Å². The molecule has 1 atom stereocenters. The van der Waals surface area contributed by atoms with Gasteiger partial charge in [-0.1, -0.05) is 0 Å². The molecule has 1 aromatic rings. The Morgan fingerprint density at radius 2 is 2.30 bits per heavy atom. The van der Waals surface area contributed by atoms with Crippen molar-refractivity contribution < 1.29 is 4.79 Å². The van der Waals surface area contributed by atoms with Gasteiger partial charge in [0.1, 0.15) is 0 Å². The molecule has 5 heteroatoms. The Balaban J connectivity index is 2.12. The van der Waals surface area contributed by atoms with Crippen molar-refractivity contribution in [2.75, 3.05) is 51.4 Å². The number of amides is 1. The Hall–Kier alpha value is -1.75. The molecule has 110 valence electrons. The van der Waals surface area contributed by atoms with Crippen molar-refractivity contribution in [1.82, 2.24) is 10.2 Å². The summed E-state index contributed by atoms with van der Waals surface area (Å²) >= 11 is 0. The third kappa shape index (κ3) is 3.22. The molecule has 0 radical (unpaired) electrons. The van der Waals surface area contributed by atoms with Crippen LogP contribution >= 0.6 is 0 Å².